The number of carboxylic acid groups (broad SMARTS) is 1. The Balaban J connectivity index is 0.000000256. The lowest BCUT2D eigenvalue weighted by molar-refractivity contribution is 0.0697. The number of anilines is 1. The summed E-state index contributed by atoms with van der Waals surface area (Å²) in [6.45, 7) is 2.59. The molecule has 8 heteroatoms. The van der Waals surface area contributed by atoms with E-state index in [1.807, 2.05) is 18.3 Å². The number of aryl methyl sites for hydroxylation is 1. The zero-order valence-corrected chi connectivity index (χ0v) is 20.4. The number of nitrogens with zero attached hydrogens (tertiary/aromatic N) is 3. The summed E-state index contributed by atoms with van der Waals surface area (Å²) in [4.78, 5) is 25.8. The largest absolute Gasteiger partial charge is 0.478 e. The fourth-order valence-corrected chi connectivity index (χ4v) is 4.64. The molecule has 0 fully saturated rings. The summed E-state index contributed by atoms with van der Waals surface area (Å²) < 4.78 is 0. The topological polar surface area (TPSA) is 134 Å². The second-order valence-corrected chi connectivity index (χ2v) is 9.05. The number of hydrogen-bond acceptors (Lipinski definition) is 6. The number of carboxylic acids is 1. The summed E-state index contributed by atoms with van der Waals surface area (Å²) in [7, 11) is 0. The average Bonchev–Trinajstić information content (AvgIpc) is 3.31. The summed E-state index contributed by atoms with van der Waals surface area (Å²) in [5.74, 6) is 0.0991. The van der Waals surface area contributed by atoms with Gasteiger partial charge >= 0.3 is 5.97 Å². The number of imidazole rings is 1. The van der Waals surface area contributed by atoms with E-state index in [2.05, 4.69) is 34.1 Å². The van der Waals surface area contributed by atoms with Gasteiger partial charge in [-0.1, -0.05) is 18.2 Å². The van der Waals surface area contributed by atoms with Gasteiger partial charge in [0.05, 0.1) is 34.9 Å². The first kappa shape index (κ1) is 25.3. The molecule has 1 aliphatic carbocycles. The second-order valence-electron chi connectivity index (χ2n) is 9.05. The first-order chi connectivity index (χ1) is 17.5. The Morgan fingerprint density at radius 2 is 1.89 bits per heavy atom. The van der Waals surface area contributed by atoms with Gasteiger partial charge in [-0.25, -0.2) is 9.78 Å². The number of H-pyrrole nitrogens is 1. The molecular formula is C28H34N6O2. The molecule has 0 bridgehead atoms. The predicted molar refractivity (Wildman–Crippen MR) is 143 cm³/mol. The maximum atomic E-state index is 10.3. The van der Waals surface area contributed by atoms with Crippen LogP contribution in [0.25, 0.3) is 11.0 Å². The minimum Gasteiger partial charge on any atom is -0.478 e. The maximum Gasteiger partial charge on any atom is 0.335 e. The van der Waals surface area contributed by atoms with Crippen molar-refractivity contribution < 1.29 is 9.90 Å². The summed E-state index contributed by atoms with van der Waals surface area (Å²) in [5.41, 5.74) is 16.7. The van der Waals surface area contributed by atoms with Crippen LogP contribution in [0.4, 0.5) is 5.69 Å². The zero-order chi connectivity index (χ0) is 25.3. The summed E-state index contributed by atoms with van der Waals surface area (Å²) in [5, 5.41) is 8.43. The molecule has 4 aromatic rings. The third-order valence-electron chi connectivity index (χ3n) is 6.45. The van der Waals surface area contributed by atoms with E-state index in [1.54, 1.807) is 12.1 Å². The van der Waals surface area contributed by atoms with Crippen molar-refractivity contribution in [1.29, 1.82) is 0 Å². The number of nitrogen functional groups attached to an aromatic ring is 1. The van der Waals surface area contributed by atoms with E-state index in [0.717, 1.165) is 62.2 Å². The van der Waals surface area contributed by atoms with Crippen molar-refractivity contribution in [3.63, 3.8) is 0 Å². The van der Waals surface area contributed by atoms with Crippen LogP contribution in [0.15, 0.2) is 66.9 Å². The van der Waals surface area contributed by atoms with Crippen LogP contribution in [0.2, 0.25) is 0 Å². The second kappa shape index (κ2) is 12.3. The first-order valence-electron chi connectivity index (χ1n) is 12.5. The Hall–Kier alpha value is -3.75. The van der Waals surface area contributed by atoms with Crippen molar-refractivity contribution in [2.24, 2.45) is 5.73 Å². The molecule has 2 aromatic heterocycles. The molecule has 0 aliphatic heterocycles. The Bertz CT molecular complexity index is 1240. The lowest BCUT2D eigenvalue weighted by Crippen LogP contribution is -2.33. The summed E-state index contributed by atoms with van der Waals surface area (Å²) in [6, 6.07) is 18.9. The highest BCUT2D eigenvalue weighted by Crippen LogP contribution is 2.33. The molecule has 8 nitrogen and oxygen atoms in total. The number of pyridine rings is 1. The lowest BCUT2D eigenvalue weighted by atomic mass is 9.90. The van der Waals surface area contributed by atoms with Crippen molar-refractivity contribution in [2.75, 3.05) is 18.8 Å². The quantitative estimate of drug-likeness (QED) is 0.212. The van der Waals surface area contributed by atoms with Gasteiger partial charge in [-0.3, -0.25) is 9.88 Å². The molecule has 1 unspecified atom stereocenters. The number of hydrogen-bond donors (Lipinski definition) is 4. The van der Waals surface area contributed by atoms with Crippen molar-refractivity contribution in [2.45, 2.75) is 44.7 Å². The number of aromatic nitrogens is 3. The average molecular weight is 487 g/mol. The smallest absolute Gasteiger partial charge is 0.335 e. The first-order valence-corrected chi connectivity index (χ1v) is 12.5. The standard InChI is InChI=1S/C21H27N5.C7H7NO2/c22-12-3-4-14-26(15-20-24-17-9-1-2-10-18(17)25-20)19-11-5-7-16-8-6-13-23-21(16)19;8-6-3-1-5(2-4-6)7(9)10/h1-2,6,8-10,13,19H,3-5,7,11-12,14-15,22H2,(H,24,25);1-4H,8H2,(H,9,10). The van der Waals surface area contributed by atoms with Gasteiger partial charge in [0.25, 0.3) is 0 Å². The molecule has 2 aromatic carbocycles. The lowest BCUT2D eigenvalue weighted by Gasteiger charge is -2.34. The van der Waals surface area contributed by atoms with Gasteiger partial charge in [0.2, 0.25) is 0 Å². The predicted octanol–water partition coefficient (Wildman–Crippen LogP) is 4.54. The monoisotopic (exact) mass is 486 g/mol. The SMILES string of the molecule is NCCCCN(Cc1nc2ccccc2[nH]1)C1CCCc2cccnc21.Nc1ccc(C(=O)O)cc1. The third-order valence-corrected chi connectivity index (χ3v) is 6.45. The molecule has 2 heterocycles. The van der Waals surface area contributed by atoms with Crippen molar-refractivity contribution in [3.05, 3.63) is 89.5 Å². The van der Waals surface area contributed by atoms with Gasteiger partial charge in [-0.2, -0.15) is 0 Å². The molecule has 0 saturated carbocycles. The van der Waals surface area contributed by atoms with Crippen LogP contribution in [0.5, 0.6) is 0 Å². The van der Waals surface area contributed by atoms with Crippen LogP contribution < -0.4 is 11.5 Å². The molecule has 0 amide bonds. The minimum absolute atomic E-state index is 0.259. The normalized spacial score (nSPS) is 14.8. The van der Waals surface area contributed by atoms with Crippen LogP contribution in [0.1, 0.15) is 59.2 Å². The fourth-order valence-electron chi connectivity index (χ4n) is 4.64. The van der Waals surface area contributed by atoms with Gasteiger partial charge < -0.3 is 21.6 Å². The number of unbranched alkanes of at least 4 members (excludes halogenated alkanes) is 1. The van der Waals surface area contributed by atoms with E-state index in [4.69, 9.17) is 26.5 Å². The molecule has 1 atom stereocenters. The van der Waals surface area contributed by atoms with E-state index in [9.17, 15) is 4.79 Å². The van der Waals surface area contributed by atoms with E-state index in [1.165, 1.54) is 29.8 Å². The van der Waals surface area contributed by atoms with E-state index >= 15 is 0 Å². The molecule has 5 rings (SSSR count). The number of nitrogens with two attached hydrogens (primary N) is 2. The van der Waals surface area contributed by atoms with Crippen LogP contribution >= 0.6 is 0 Å². The number of nitrogens with one attached hydrogen (secondary N) is 1. The molecule has 188 valence electrons. The van der Waals surface area contributed by atoms with Crippen LogP contribution in [0, 0.1) is 0 Å². The Kier molecular flexibility index (Phi) is 8.65. The van der Waals surface area contributed by atoms with Crippen molar-refractivity contribution in [1.82, 2.24) is 19.9 Å². The van der Waals surface area contributed by atoms with Gasteiger partial charge in [0, 0.05) is 11.9 Å². The maximum absolute atomic E-state index is 10.3. The number of benzene rings is 2. The zero-order valence-electron chi connectivity index (χ0n) is 20.4. The van der Waals surface area contributed by atoms with Crippen molar-refractivity contribution in [3.8, 4) is 0 Å². The number of aromatic amines is 1. The third kappa shape index (κ3) is 6.47. The van der Waals surface area contributed by atoms with E-state index < -0.39 is 5.97 Å². The van der Waals surface area contributed by atoms with E-state index in [-0.39, 0.29) is 5.56 Å². The highest BCUT2D eigenvalue weighted by molar-refractivity contribution is 5.87. The summed E-state index contributed by atoms with van der Waals surface area (Å²) in [6.07, 6.45) is 7.61. The minimum atomic E-state index is -0.931. The molecule has 1 aliphatic rings. The van der Waals surface area contributed by atoms with E-state index in [0.29, 0.717) is 11.7 Å². The molecule has 0 spiro atoms. The number of carbonyl (C=O) groups is 1. The number of para-hydroxylation sites is 2. The van der Waals surface area contributed by atoms with Crippen LogP contribution in [-0.4, -0.2) is 44.0 Å². The van der Waals surface area contributed by atoms with Gasteiger partial charge in [-0.15, -0.1) is 0 Å². The van der Waals surface area contributed by atoms with Gasteiger partial charge in [-0.05, 0) is 93.2 Å². The Morgan fingerprint density at radius 3 is 2.64 bits per heavy atom. The Labute approximate surface area is 211 Å². The molecule has 0 saturated heterocycles. The fraction of sp³-hybridized carbons (Fsp3) is 0.321. The Morgan fingerprint density at radius 1 is 1.08 bits per heavy atom. The van der Waals surface area contributed by atoms with Crippen LogP contribution in [-0.2, 0) is 13.0 Å². The molecule has 0 radical (unpaired) electrons. The van der Waals surface area contributed by atoms with Gasteiger partial charge in [0.1, 0.15) is 5.82 Å². The van der Waals surface area contributed by atoms with Crippen LogP contribution in [0.3, 0.4) is 0 Å². The number of aromatic carboxylic acids is 1. The molecular weight excluding hydrogens is 452 g/mol. The molecule has 36 heavy (non-hydrogen) atoms. The highest BCUT2D eigenvalue weighted by Gasteiger charge is 2.27. The van der Waals surface area contributed by atoms with Crippen molar-refractivity contribution >= 4 is 22.7 Å². The molecule has 6 N–H and O–H groups in total. The highest BCUT2D eigenvalue weighted by atomic mass is 16.4. The number of fused-ring (bicyclic) bond motifs is 2. The summed E-state index contributed by atoms with van der Waals surface area (Å²) >= 11 is 0. The van der Waals surface area contributed by atoms with Gasteiger partial charge in [0.15, 0.2) is 0 Å². The number of rotatable bonds is 8.